The molecule has 0 radical (unpaired) electrons. The Morgan fingerprint density at radius 2 is 1.96 bits per heavy atom. The van der Waals surface area contributed by atoms with Gasteiger partial charge in [-0.1, -0.05) is 18.5 Å². The molecule has 0 saturated carbocycles. The smallest absolute Gasteiger partial charge is 0.252 e. The van der Waals surface area contributed by atoms with Crippen molar-refractivity contribution in [1.82, 2.24) is 15.1 Å². The third-order valence-corrected chi connectivity index (χ3v) is 4.33. The number of carbonyl (C=O) groups excluding carboxylic acids is 2. The SMILES string of the molecule is CCNC(=O)c1ccc(NC(=O)Cn2nc(C)c(CC)c2C)cc1Cl. The van der Waals surface area contributed by atoms with E-state index >= 15 is 0 Å². The van der Waals surface area contributed by atoms with Crippen LogP contribution >= 0.6 is 11.6 Å². The van der Waals surface area contributed by atoms with Crippen LogP contribution in [0.25, 0.3) is 0 Å². The van der Waals surface area contributed by atoms with Crippen LogP contribution in [0.4, 0.5) is 5.69 Å². The Bertz CT molecular complexity index is 799. The van der Waals surface area contributed by atoms with Gasteiger partial charge >= 0.3 is 0 Å². The second-order valence-corrected chi connectivity index (χ2v) is 6.17. The molecule has 0 saturated heterocycles. The molecule has 25 heavy (non-hydrogen) atoms. The van der Waals surface area contributed by atoms with Crippen molar-refractivity contribution in [2.45, 2.75) is 40.7 Å². The maximum absolute atomic E-state index is 12.3. The lowest BCUT2D eigenvalue weighted by atomic mass is 10.1. The van der Waals surface area contributed by atoms with Crippen LogP contribution in [-0.4, -0.2) is 28.1 Å². The molecule has 1 heterocycles. The molecule has 0 atom stereocenters. The number of nitrogens with one attached hydrogen (secondary N) is 2. The van der Waals surface area contributed by atoms with E-state index in [1.54, 1.807) is 22.9 Å². The first-order valence-electron chi connectivity index (χ1n) is 8.27. The van der Waals surface area contributed by atoms with Crippen molar-refractivity contribution in [3.63, 3.8) is 0 Å². The lowest BCUT2D eigenvalue weighted by Crippen LogP contribution is -2.23. The van der Waals surface area contributed by atoms with E-state index in [-0.39, 0.29) is 18.4 Å². The molecule has 2 aromatic rings. The summed E-state index contributed by atoms with van der Waals surface area (Å²) in [6, 6.07) is 4.83. The van der Waals surface area contributed by atoms with Gasteiger partial charge in [0.1, 0.15) is 6.54 Å². The summed E-state index contributed by atoms with van der Waals surface area (Å²) < 4.78 is 1.70. The first kappa shape index (κ1) is 19.0. The van der Waals surface area contributed by atoms with Crippen molar-refractivity contribution in [3.05, 3.63) is 45.7 Å². The van der Waals surface area contributed by atoms with Crippen molar-refractivity contribution in [2.24, 2.45) is 0 Å². The predicted molar refractivity (Wildman–Crippen MR) is 99.2 cm³/mol. The molecule has 0 unspecified atom stereocenters. The zero-order valence-corrected chi connectivity index (χ0v) is 15.7. The summed E-state index contributed by atoms with van der Waals surface area (Å²) in [5.74, 6) is -0.435. The predicted octanol–water partition coefficient (Wildman–Crippen LogP) is 3.10. The van der Waals surface area contributed by atoms with E-state index in [0.717, 1.165) is 17.8 Å². The van der Waals surface area contributed by atoms with Gasteiger partial charge in [0.2, 0.25) is 5.91 Å². The summed E-state index contributed by atoms with van der Waals surface area (Å²) >= 11 is 6.14. The lowest BCUT2D eigenvalue weighted by Gasteiger charge is -2.10. The number of carbonyl (C=O) groups is 2. The molecule has 1 aromatic carbocycles. The number of benzene rings is 1. The Morgan fingerprint density at radius 1 is 1.24 bits per heavy atom. The van der Waals surface area contributed by atoms with Gasteiger partial charge < -0.3 is 10.6 Å². The average Bonchev–Trinajstić information content (AvgIpc) is 2.80. The number of anilines is 1. The van der Waals surface area contributed by atoms with Gasteiger partial charge in [0.05, 0.1) is 16.3 Å². The normalized spacial score (nSPS) is 10.6. The first-order chi connectivity index (χ1) is 11.9. The highest BCUT2D eigenvalue weighted by Gasteiger charge is 2.14. The van der Waals surface area contributed by atoms with Crippen molar-refractivity contribution in [3.8, 4) is 0 Å². The zero-order valence-electron chi connectivity index (χ0n) is 14.9. The monoisotopic (exact) mass is 362 g/mol. The second-order valence-electron chi connectivity index (χ2n) is 5.76. The minimum Gasteiger partial charge on any atom is -0.352 e. The Labute approximate surface area is 152 Å². The van der Waals surface area contributed by atoms with Crippen LogP contribution < -0.4 is 10.6 Å². The van der Waals surface area contributed by atoms with Crippen LogP contribution in [0.15, 0.2) is 18.2 Å². The van der Waals surface area contributed by atoms with Crippen LogP contribution in [0.5, 0.6) is 0 Å². The Morgan fingerprint density at radius 3 is 2.52 bits per heavy atom. The van der Waals surface area contributed by atoms with Gasteiger partial charge in [0.25, 0.3) is 5.91 Å². The van der Waals surface area contributed by atoms with E-state index < -0.39 is 0 Å². The summed E-state index contributed by atoms with van der Waals surface area (Å²) in [5.41, 5.74) is 4.04. The average molecular weight is 363 g/mol. The van der Waals surface area contributed by atoms with Crippen LogP contribution in [0.2, 0.25) is 5.02 Å². The van der Waals surface area contributed by atoms with Crippen LogP contribution in [0, 0.1) is 13.8 Å². The number of rotatable bonds is 6. The Hall–Kier alpha value is -2.34. The van der Waals surface area contributed by atoms with Gasteiger partial charge in [-0.3, -0.25) is 14.3 Å². The molecular formula is C18H23ClN4O2. The fourth-order valence-corrected chi connectivity index (χ4v) is 3.04. The molecule has 0 aliphatic heterocycles. The van der Waals surface area contributed by atoms with Gasteiger partial charge in [-0.05, 0) is 51.0 Å². The third-order valence-electron chi connectivity index (χ3n) is 4.01. The molecule has 6 nitrogen and oxygen atoms in total. The number of hydrogen-bond acceptors (Lipinski definition) is 3. The molecule has 0 aliphatic rings. The standard InChI is InChI=1S/C18H23ClN4O2/c1-5-14-11(3)22-23(12(14)4)10-17(24)21-13-7-8-15(16(19)9-13)18(25)20-6-2/h7-9H,5-6,10H2,1-4H3,(H,20,25)(H,21,24). The van der Waals surface area contributed by atoms with E-state index in [9.17, 15) is 9.59 Å². The fraction of sp³-hybridized carbons (Fsp3) is 0.389. The first-order valence-corrected chi connectivity index (χ1v) is 8.65. The van der Waals surface area contributed by atoms with Crippen molar-refractivity contribution in [1.29, 1.82) is 0 Å². The third kappa shape index (κ3) is 4.39. The minimum atomic E-state index is -0.236. The van der Waals surface area contributed by atoms with Gasteiger partial charge in [0.15, 0.2) is 0 Å². The Balaban J connectivity index is 2.08. The van der Waals surface area contributed by atoms with Gasteiger partial charge in [-0.2, -0.15) is 5.10 Å². The number of aryl methyl sites for hydroxylation is 1. The van der Waals surface area contributed by atoms with E-state index in [0.29, 0.717) is 22.8 Å². The lowest BCUT2D eigenvalue weighted by molar-refractivity contribution is -0.116. The fourth-order valence-electron chi connectivity index (χ4n) is 2.77. The highest BCUT2D eigenvalue weighted by molar-refractivity contribution is 6.34. The van der Waals surface area contributed by atoms with Gasteiger partial charge in [-0.15, -0.1) is 0 Å². The van der Waals surface area contributed by atoms with Crippen molar-refractivity contribution < 1.29 is 9.59 Å². The topological polar surface area (TPSA) is 76.0 Å². The summed E-state index contributed by atoms with van der Waals surface area (Å²) in [6.45, 7) is 8.46. The second kappa shape index (κ2) is 8.16. The molecule has 2 amide bonds. The summed E-state index contributed by atoms with van der Waals surface area (Å²) in [7, 11) is 0. The maximum atomic E-state index is 12.3. The summed E-state index contributed by atoms with van der Waals surface area (Å²) in [4.78, 5) is 24.1. The number of nitrogens with zero attached hydrogens (tertiary/aromatic N) is 2. The van der Waals surface area contributed by atoms with E-state index in [2.05, 4.69) is 22.7 Å². The highest BCUT2D eigenvalue weighted by Crippen LogP contribution is 2.21. The summed E-state index contributed by atoms with van der Waals surface area (Å²) in [5, 5.41) is 10.2. The number of hydrogen-bond donors (Lipinski definition) is 2. The number of halogens is 1. The zero-order chi connectivity index (χ0) is 18.6. The van der Waals surface area contributed by atoms with Crippen molar-refractivity contribution >= 4 is 29.1 Å². The van der Waals surface area contributed by atoms with Gasteiger partial charge in [0, 0.05) is 17.9 Å². The van der Waals surface area contributed by atoms with E-state index in [4.69, 9.17) is 11.6 Å². The Kier molecular flexibility index (Phi) is 6.20. The number of aromatic nitrogens is 2. The molecule has 134 valence electrons. The van der Waals surface area contributed by atoms with Gasteiger partial charge in [-0.25, -0.2) is 0 Å². The van der Waals surface area contributed by atoms with E-state index in [1.807, 2.05) is 20.8 Å². The maximum Gasteiger partial charge on any atom is 0.252 e. The number of amides is 2. The molecule has 2 N–H and O–H groups in total. The van der Waals surface area contributed by atoms with E-state index in [1.165, 1.54) is 5.56 Å². The van der Waals surface area contributed by atoms with Crippen LogP contribution in [0.1, 0.15) is 41.2 Å². The molecule has 0 aliphatic carbocycles. The molecule has 7 heteroatoms. The largest absolute Gasteiger partial charge is 0.352 e. The molecule has 1 aromatic heterocycles. The minimum absolute atomic E-state index is 0.127. The molecule has 2 rings (SSSR count). The molecular weight excluding hydrogens is 340 g/mol. The molecule has 0 fully saturated rings. The molecule has 0 bridgehead atoms. The molecule has 0 spiro atoms. The highest BCUT2D eigenvalue weighted by atomic mass is 35.5. The van der Waals surface area contributed by atoms with Crippen molar-refractivity contribution in [2.75, 3.05) is 11.9 Å². The quantitative estimate of drug-likeness (QED) is 0.829. The van der Waals surface area contributed by atoms with Crippen LogP contribution in [0.3, 0.4) is 0 Å². The summed E-state index contributed by atoms with van der Waals surface area (Å²) in [6.07, 6.45) is 0.885. The van der Waals surface area contributed by atoms with Crippen LogP contribution in [-0.2, 0) is 17.8 Å².